The lowest BCUT2D eigenvalue weighted by Gasteiger charge is -2.11. The molecule has 6 nitrogen and oxygen atoms in total. The van der Waals surface area contributed by atoms with Gasteiger partial charge in [0.05, 0.1) is 0 Å². The van der Waals surface area contributed by atoms with Gasteiger partial charge >= 0.3 is 0 Å². The van der Waals surface area contributed by atoms with Gasteiger partial charge in [-0.3, -0.25) is 4.79 Å². The average Bonchev–Trinajstić information content (AvgIpc) is 3.40. The Hall–Kier alpha value is -4.81. The number of rotatable bonds is 5. The number of carbonyl (C=O) groups excluding carboxylic acids is 1. The quantitative estimate of drug-likeness (QED) is 0.258. The maximum absolute atomic E-state index is 13.0. The van der Waals surface area contributed by atoms with Gasteiger partial charge in [0, 0.05) is 48.4 Å². The number of hydrogen-bond acceptors (Lipinski definition) is 5. The van der Waals surface area contributed by atoms with Gasteiger partial charge in [0.1, 0.15) is 22.8 Å². The summed E-state index contributed by atoms with van der Waals surface area (Å²) in [5.74, 6) is -0.640. The third-order valence-corrected chi connectivity index (χ3v) is 7.05. The molecule has 0 aliphatic carbocycles. The maximum atomic E-state index is 13.0. The molecule has 4 aromatic carbocycles. The molecule has 0 fully saturated rings. The molecule has 0 unspecified atom stereocenters. The number of ether oxygens (including phenoxy) is 1. The highest BCUT2D eigenvalue weighted by atomic mass is 16.5. The van der Waals surface area contributed by atoms with Crippen LogP contribution in [0.25, 0.3) is 39.2 Å². The first-order valence-corrected chi connectivity index (χ1v) is 12.7. The molecule has 0 radical (unpaired) electrons. The summed E-state index contributed by atoms with van der Waals surface area (Å²) in [5.41, 5.74) is 7.58. The van der Waals surface area contributed by atoms with Gasteiger partial charge in [0.15, 0.2) is 5.76 Å². The highest BCUT2D eigenvalue weighted by Crippen LogP contribution is 2.42. The van der Waals surface area contributed by atoms with E-state index in [2.05, 4.69) is 73.6 Å². The summed E-state index contributed by atoms with van der Waals surface area (Å²) in [7, 11) is 6.10. The van der Waals surface area contributed by atoms with Crippen LogP contribution in [-0.4, -0.2) is 39.6 Å². The molecule has 6 rings (SSSR count). The predicted molar refractivity (Wildman–Crippen MR) is 154 cm³/mol. The van der Waals surface area contributed by atoms with Crippen LogP contribution in [0.1, 0.15) is 21.5 Å². The largest absolute Gasteiger partial charge is 0.508 e. The summed E-state index contributed by atoms with van der Waals surface area (Å²) in [6.07, 6.45) is 3.66. The highest BCUT2D eigenvalue weighted by Gasteiger charge is 2.31. The van der Waals surface area contributed by atoms with Crippen molar-refractivity contribution in [3.8, 4) is 39.5 Å². The van der Waals surface area contributed by atoms with Crippen molar-refractivity contribution in [2.45, 2.75) is 6.54 Å². The molecule has 194 valence electrons. The van der Waals surface area contributed by atoms with Gasteiger partial charge in [-0.25, -0.2) is 0 Å². The van der Waals surface area contributed by atoms with Gasteiger partial charge in [0.25, 0.3) is 0 Å². The monoisotopic (exact) mass is 516 g/mol. The minimum absolute atomic E-state index is 0.0600. The maximum Gasteiger partial charge on any atom is 0.235 e. The first kappa shape index (κ1) is 24.5. The summed E-state index contributed by atoms with van der Waals surface area (Å²) >= 11 is 0. The van der Waals surface area contributed by atoms with Gasteiger partial charge in [-0.2, -0.15) is 0 Å². The lowest BCUT2D eigenvalue weighted by molar-refractivity contribution is 0.101. The van der Waals surface area contributed by atoms with Gasteiger partial charge in [0.2, 0.25) is 5.78 Å². The molecule has 0 saturated carbocycles. The van der Waals surface area contributed by atoms with Crippen molar-refractivity contribution in [3.63, 3.8) is 0 Å². The first-order valence-electron chi connectivity index (χ1n) is 12.7. The summed E-state index contributed by atoms with van der Waals surface area (Å²) in [4.78, 5) is 15.2. The van der Waals surface area contributed by atoms with Crippen molar-refractivity contribution in [2.75, 3.05) is 14.1 Å². The Morgan fingerprint density at radius 3 is 2.26 bits per heavy atom. The standard InChI is InChI=1S/C33H28N2O4/c1-34(2)18-20-7-9-21(10-8-20)22-11-13-23(14-12-22)26-5-4-6-27-31(26)24(19-35(27)3)15-30-33(38)32-28(37)16-25(36)17-29(32)39-30/h4-17,19,36-37H,18H2,1-3H3. The second-order valence-corrected chi connectivity index (χ2v) is 10.2. The van der Waals surface area contributed by atoms with Crippen molar-refractivity contribution in [1.29, 1.82) is 0 Å². The molecule has 2 N–H and O–H groups in total. The van der Waals surface area contributed by atoms with E-state index >= 15 is 0 Å². The summed E-state index contributed by atoms with van der Waals surface area (Å²) in [6.45, 7) is 0.908. The lowest BCUT2D eigenvalue weighted by atomic mass is 9.96. The minimum Gasteiger partial charge on any atom is -0.508 e. The van der Waals surface area contributed by atoms with E-state index in [4.69, 9.17) is 4.74 Å². The van der Waals surface area contributed by atoms with Crippen molar-refractivity contribution < 1.29 is 19.7 Å². The lowest BCUT2D eigenvalue weighted by Crippen LogP contribution is -2.10. The van der Waals surface area contributed by atoms with Crippen LogP contribution in [0, 0.1) is 0 Å². The number of allylic oxidation sites excluding steroid dienone is 1. The van der Waals surface area contributed by atoms with Crippen LogP contribution in [0.3, 0.4) is 0 Å². The molecule has 2 heterocycles. The van der Waals surface area contributed by atoms with Crippen LogP contribution in [0.4, 0.5) is 0 Å². The molecule has 0 saturated heterocycles. The Morgan fingerprint density at radius 2 is 1.56 bits per heavy atom. The fraction of sp³-hybridized carbons (Fsp3) is 0.121. The summed E-state index contributed by atoms with van der Waals surface area (Å²) in [6, 6.07) is 25.8. The van der Waals surface area contributed by atoms with Crippen molar-refractivity contribution in [2.24, 2.45) is 7.05 Å². The van der Waals surface area contributed by atoms with E-state index in [1.807, 2.05) is 29.9 Å². The SMILES string of the molecule is CN(C)Cc1ccc(-c2ccc(-c3cccc4c3c(C=C3Oc5cc(O)cc(O)c5C3=O)cn4C)cc2)cc1. The fourth-order valence-corrected chi connectivity index (χ4v) is 5.26. The minimum atomic E-state index is -0.419. The molecule has 0 bridgehead atoms. The summed E-state index contributed by atoms with van der Waals surface area (Å²) < 4.78 is 7.78. The van der Waals surface area contributed by atoms with E-state index in [0.717, 1.165) is 51.3 Å². The van der Waals surface area contributed by atoms with Crippen LogP contribution in [0.15, 0.2) is 90.8 Å². The Kier molecular flexibility index (Phi) is 5.97. The van der Waals surface area contributed by atoms with Crippen LogP contribution in [-0.2, 0) is 13.6 Å². The molecular weight excluding hydrogens is 488 g/mol. The number of phenols is 2. The zero-order valence-corrected chi connectivity index (χ0v) is 22.0. The number of hydrogen-bond donors (Lipinski definition) is 2. The molecule has 0 spiro atoms. The number of phenolic OH excluding ortho intramolecular Hbond substituents is 2. The normalized spacial score (nSPS) is 13.8. The molecule has 1 aliphatic rings. The van der Waals surface area contributed by atoms with Crippen molar-refractivity contribution in [1.82, 2.24) is 9.47 Å². The van der Waals surface area contributed by atoms with E-state index in [0.29, 0.717) is 0 Å². The Morgan fingerprint density at radius 1 is 0.897 bits per heavy atom. The number of aromatic hydroxyl groups is 2. The number of ketones is 1. The number of aryl methyl sites for hydroxylation is 1. The van der Waals surface area contributed by atoms with Gasteiger partial charge in [-0.05, 0) is 54.1 Å². The molecule has 6 heteroatoms. The number of Topliss-reactive ketones (excluding diaryl/α,β-unsaturated/α-hetero) is 1. The topological polar surface area (TPSA) is 74.9 Å². The zero-order valence-electron chi connectivity index (χ0n) is 22.0. The van der Waals surface area contributed by atoms with Crippen LogP contribution in [0.2, 0.25) is 0 Å². The van der Waals surface area contributed by atoms with Crippen LogP contribution in [0.5, 0.6) is 17.2 Å². The van der Waals surface area contributed by atoms with E-state index in [1.54, 1.807) is 6.08 Å². The molecule has 1 aromatic heterocycles. The van der Waals surface area contributed by atoms with E-state index in [9.17, 15) is 15.0 Å². The smallest absolute Gasteiger partial charge is 0.235 e. The molecule has 1 aliphatic heterocycles. The third kappa shape index (κ3) is 4.45. The zero-order chi connectivity index (χ0) is 27.3. The second kappa shape index (κ2) is 9.49. The van der Waals surface area contributed by atoms with E-state index in [-0.39, 0.29) is 28.6 Å². The van der Waals surface area contributed by atoms with Crippen LogP contribution >= 0.6 is 0 Å². The van der Waals surface area contributed by atoms with Crippen molar-refractivity contribution in [3.05, 3.63) is 108 Å². The summed E-state index contributed by atoms with van der Waals surface area (Å²) in [5, 5.41) is 21.0. The molecular formula is C33H28N2O4. The van der Waals surface area contributed by atoms with Gasteiger partial charge < -0.3 is 24.4 Å². The van der Waals surface area contributed by atoms with Crippen LogP contribution < -0.4 is 4.74 Å². The van der Waals surface area contributed by atoms with Gasteiger partial charge in [-0.1, -0.05) is 60.7 Å². The molecule has 5 aromatic rings. The number of nitrogens with zero attached hydrogens (tertiary/aromatic N) is 2. The molecule has 0 amide bonds. The first-order chi connectivity index (χ1) is 18.8. The Bertz CT molecular complexity index is 1760. The number of benzene rings is 4. The van der Waals surface area contributed by atoms with Crippen molar-refractivity contribution >= 4 is 22.8 Å². The second-order valence-electron chi connectivity index (χ2n) is 10.2. The third-order valence-electron chi connectivity index (χ3n) is 7.05. The Balaban J connectivity index is 1.37. The molecule has 39 heavy (non-hydrogen) atoms. The van der Waals surface area contributed by atoms with E-state index < -0.39 is 5.78 Å². The number of carbonyl (C=O) groups is 1. The Labute approximate surface area is 226 Å². The van der Waals surface area contributed by atoms with Gasteiger partial charge in [-0.15, -0.1) is 0 Å². The number of aromatic nitrogens is 1. The average molecular weight is 517 g/mol. The predicted octanol–water partition coefficient (Wildman–Crippen LogP) is 6.60. The van der Waals surface area contributed by atoms with E-state index in [1.165, 1.54) is 11.6 Å². The fourth-order valence-electron chi connectivity index (χ4n) is 5.26. The molecule has 0 atom stereocenters. The highest BCUT2D eigenvalue weighted by molar-refractivity contribution is 6.17. The number of fused-ring (bicyclic) bond motifs is 2.